The van der Waals surface area contributed by atoms with Gasteiger partial charge in [-0.05, 0) is 30.7 Å². The molecule has 1 fully saturated rings. The molecule has 0 unspecified atom stereocenters. The minimum atomic E-state index is -0.836. The Morgan fingerprint density at radius 2 is 2.35 bits per heavy atom. The minimum Gasteiger partial charge on any atom is -0.324 e. The third kappa shape index (κ3) is 3.13. The van der Waals surface area contributed by atoms with Crippen molar-refractivity contribution in [2.75, 3.05) is 24.2 Å². The van der Waals surface area contributed by atoms with Gasteiger partial charge in [0.25, 0.3) is 0 Å². The van der Waals surface area contributed by atoms with Gasteiger partial charge in [0.2, 0.25) is 5.91 Å². The van der Waals surface area contributed by atoms with Crippen molar-refractivity contribution in [1.82, 2.24) is 10.6 Å². The fraction of sp³-hybridized carbons (Fsp3) is 0.500. The van der Waals surface area contributed by atoms with E-state index in [4.69, 9.17) is 0 Å². The molecular formula is C14H18FN3OS. The Bertz CT molecular complexity index is 511. The molecule has 4 nitrogen and oxygen atoms in total. The number of rotatable bonds is 3. The molecule has 1 amide bonds. The summed E-state index contributed by atoms with van der Waals surface area (Å²) in [6.07, 6.45) is -0.0322. The molecule has 1 aromatic carbocycles. The lowest BCUT2D eigenvalue weighted by atomic mass is 10.0. The first kappa shape index (κ1) is 13.9. The Morgan fingerprint density at radius 1 is 1.45 bits per heavy atom. The van der Waals surface area contributed by atoms with Gasteiger partial charge in [-0.3, -0.25) is 4.79 Å². The van der Waals surface area contributed by atoms with Gasteiger partial charge in [0.1, 0.15) is 6.17 Å². The zero-order valence-corrected chi connectivity index (χ0v) is 11.9. The van der Waals surface area contributed by atoms with Crippen LogP contribution < -0.4 is 16.0 Å². The molecule has 1 saturated heterocycles. The first-order valence-electron chi connectivity index (χ1n) is 6.86. The number of benzene rings is 1. The number of amides is 1. The van der Waals surface area contributed by atoms with E-state index in [1.54, 1.807) is 11.8 Å². The van der Waals surface area contributed by atoms with Gasteiger partial charge in [-0.15, -0.1) is 11.8 Å². The second kappa shape index (κ2) is 6.11. The van der Waals surface area contributed by atoms with Crippen LogP contribution in [0.15, 0.2) is 23.1 Å². The van der Waals surface area contributed by atoms with E-state index in [-0.39, 0.29) is 11.9 Å². The average Bonchev–Trinajstić information content (AvgIpc) is 2.46. The normalized spacial score (nSPS) is 25.9. The summed E-state index contributed by atoms with van der Waals surface area (Å²) in [7, 11) is 0. The number of nitrogens with one attached hydrogen (secondary N) is 3. The van der Waals surface area contributed by atoms with E-state index < -0.39 is 6.17 Å². The van der Waals surface area contributed by atoms with Crippen LogP contribution in [0, 0.1) is 0 Å². The van der Waals surface area contributed by atoms with Crippen LogP contribution in [-0.2, 0) is 11.3 Å². The largest absolute Gasteiger partial charge is 0.324 e. The Labute approximate surface area is 121 Å². The summed E-state index contributed by atoms with van der Waals surface area (Å²) in [5, 5.41) is 9.19. The zero-order chi connectivity index (χ0) is 13.9. The maximum Gasteiger partial charge on any atom is 0.234 e. The molecule has 2 atom stereocenters. The van der Waals surface area contributed by atoms with Crippen molar-refractivity contribution in [1.29, 1.82) is 0 Å². The number of alkyl halides is 1. The van der Waals surface area contributed by atoms with E-state index >= 15 is 0 Å². The van der Waals surface area contributed by atoms with Crippen LogP contribution in [0.4, 0.5) is 10.1 Å². The molecule has 2 heterocycles. The van der Waals surface area contributed by atoms with E-state index in [2.05, 4.69) is 16.0 Å². The highest BCUT2D eigenvalue weighted by molar-refractivity contribution is 8.00. The predicted octanol–water partition coefficient (Wildman–Crippen LogP) is 1.52. The van der Waals surface area contributed by atoms with Crippen LogP contribution in [0.25, 0.3) is 0 Å². The summed E-state index contributed by atoms with van der Waals surface area (Å²) in [4.78, 5) is 12.5. The number of thioether (sulfide) groups is 1. The van der Waals surface area contributed by atoms with Gasteiger partial charge in [-0.25, -0.2) is 4.39 Å². The molecule has 0 saturated carbocycles. The van der Waals surface area contributed by atoms with E-state index in [0.29, 0.717) is 18.8 Å². The van der Waals surface area contributed by atoms with Crippen molar-refractivity contribution < 1.29 is 9.18 Å². The molecule has 2 aliphatic heterocycles. The molecule has 0 aliphatic carbocycles. The summed E-state index contributed by atoms with van der Waals surface area (Å²) >= 11 is 1.55. The summed E-state index contributed by atoms with van der Waals surface area (Å²) in [6, 6.07) is 5.94. The van der Waals surface area contributed by atoms with Crippen LogP contribution in [0.1, 0.15) is 12.0 Å². The summed E-state index contributed by atoms with van der Waals surface area (Å²) in [5.74, 6) is 0.512. The molecule has 6 heteroatoms. The second-order valence-electron chi connectivity index (χ2n) is 5.16. The molecule has 1 aromatic rings. The molecule has 0 radical (unpaired) electrons. The minimum absolute atomic E-state index is 0.0368. The van der Waals surface area contributed by atoms with E-state index in [1.807, 2.05) is 18.2 Å². The molecule has 0 bridgehead atoms. The first-order chi connectivity index (χ1) is 9.72. The van der Waals surface area contributed by atoms with Crippen molar-refractivity contribution in [3.05, 3.63) is 23.8 Å². The lowest BCUT2D eigenvalue weighted by Gasteiger charge is -2.27. The van der Waals surface area contributed by atoms with Crippen molar-refractivity contribution >= 4 is 23.4 Å². The number of carbonyl (C=O) groups is 1. The van der Waals surface area contributed by atoms with Crippen LogP contribution >= 0.6 is 11.8 Å². The van der Waals surface area contributed by atoms with Gasteiger partial charge in [0.05, 0.1) is 11.4 Å². The Hall–Kier alpha value is -1.11. The third-order valence-corrected chi connectivity index (χ3v) is 4.73. The lowest BCUT2D eigenvalue weighted by molar-refractivity contribution is -0.113. The third-order valence-electron chi connectivity index (χ3n) is 3.65. The monoisotopic (exact) mass is 295 g/mol. The number of piperidine rings is 1. The number of halogens is 1. The number of hydrogen-bond acceptors (Lipinski definition) is 4. The number of fused-ring (bicyclic) bond motifs is 1. The standard InChI is InChI=1S/C14H18FN3OS/c15-10-7-16-4-3-11(10)17-6-9-1-2-13-12(5-9)18-14(19)8-20-13/h1-2,5,10-11,16-17H,3-4,6-8H2,(H,18,19)/t10-,11+/m1/s1. The SMILES string of the molecule is O=C1CSc2ccc(CN[C@H]3CCNC[C@H]3F)cc2N1. The molecule has 2 aliphatic rings. The van der Waals surface area contributed by atoms with Gasteiger partial charge in [0.15, 0.2) is 0 Å². The van der Waals surface area contributed by atoms with Crippen LogP contribution in [0.2, 0.25) is 0 Å². The maximum atomic E-state index is 13.7. The van der Waals surface area contributed by atoms with Crippen molar-refractivity contribution in [2.24, 2.45) is 0 Å². The van der Waals surface area contributed by atoms with Crippen molar-refractivity contribution in [2.45, 2.75) is 30.1 Å². The van der Waals surface area contributed by atoms with Crippen LogP contribution in [0.3, 0.4) is 0 Å². The summed E-state index contributed by atoms with van der Waals surface area (Å²) in [6.45, 7) is 1.91. The molecule has 20 heavy (non-hydrogen) atoms. The van der Waals surface area contributed by atoms with Gasteiger partial charge >= 0.3 is 0 Å². The van der Waals surface area contributed by atoms with Crippen molar-refractivity contribution in [3.63, 3.8) is 0 Å². The molecule has 0 spiro atoms. The quantitative estimate of drug-likeness (QED) is 0.791. The summed E-state index contributed by atoms with van der Waals surface area (Å²) in [5.41, 5.74) is 1.94. The van der Waals surface area contributed by atoms with Crippen LogP contribution in [0.5, 0.6) is 0 Å². The molecule has 3 rings (SSSR count). The number of hydrogen-bond donors (Lipinski definition) is 3. The topological polar surface area (TPSA) is 53.2 Å². The second-order valence-corrected chi connectivity index (χ2v) is 6.18. The Kier molecular flexibility index (Phi) is 4.24. The highest BCUT2D eigenvalue weighted by Gasteiger charge is 2.24. The fourth-order valence-corrected chi connectivity index (χ4v) is 3.33. The lowest BCUT2D eigenvalue weighted by Crippen LogP contribution is -2.48. The molecule has 108 valence electrons. The maximum absolute atomic E-state index is 13.7. The van der Waals surface area contributed by atoms with Gasteiger partial charge in [-0.2, -0.15) is 0 Å². The van der Waals surface area contributed by atoms with Gasteiger partial charge < -0.3 is 16.0 Å². The van der Waals surface area contributed by atoms with Gasteiger partial charge in [-0.1, -0.05) is 6.07 Å². The van der Waals surface area contributed by atoms with E-state index in [9.17, 15) is 9.18 Å². The average molecular weight is 295 g/mol. The van der Waals surface area contributed by atoms with E-state index in [0.717, 1.165) is 29.1 Å². The summed E-state index contributed by atoms with van der Waals surface area (Å²) < 4.78 is 13.7. The highest BCUT2D eigenvalue weighted by atomic mass is 32.2. The molecule has 3 N–H and O–H groups in total. The molecular weight excluding hydrogens is 277 g/mol. The number of carbonyl (C=O) groups excluding carboxylic acids is 1. The predicted molar refractivity (Wildman–Crippen MR) is 78.8 cm³/mol. The van der Waals surface area contributed by atoms with Crippen molar-refractivity contribution in [3.8, 4) is 0 Å². The first-order valence-corrected chi connectivity index (χ1v) is 7.85. The Morgan fingerprint density at radius 3 is 3.20 bits per heavy atom. The number of anilines is 1. The smallest absolute Gasteiger partial charge is 0.234 e. The van der Waals surface area contributed by atoms with Gasteiger partial charge in [0, 0.05) is 24.0 Å². The molecule has 0 aromatic heterocycles. The highest BCUT2D eigenvalue weighted by Crippen LogP contribution is 2.31. The zero-order valence-electron chi connectivity index (χ0n) is 11.1. The fourth-order valence-electron chi connectivity index (χ4n) is 2.54. The van der Waals surface area contributed by atoms with Crippen LogP contribution in [-0.4, -0.2) is 37.0 Å². The Balaban J connectivity index is 1.63. The van der Waals surface area contributed by atoms with E-state index in [1.165, 1.54) is 0 Å².